The van der Waals surface area contributed by atoms with Crippen LogP contribution in [0.4, 0.5) is 0 Å². The van der Waals surface area contributed by atoms with Crippen LogP contribution in [0.1, 0.15) is 58.6 Å². The van der Waals surface area contributed by atoms with Gasteiger partial charge in [-0.25, -0.2) is 4.79 Å². The molecule has 2 aliphatic rings. The second kappa shape index (κ2) is 8.30. The van der Waals surface area contributed by atoms with Crippen molar-refractivity contribution in [1.82, 2.24) is 9.88 Å². The number of nitrogens with one attached hydrogen (secondary N) is 1. The first kappa shape index (κ1) is 21.9. The molecule has 164 valence electrons. The molecule has 31 heavy (non-hydrogen) atoms. The van der Waals surface area contributed by atoms with Crippen molar-refractivity contribution in [2.75, 3.05) is 14.2 Å². The second-order valence-corrected chi connectivity index (χ2v) is 9.22. The van der Waals surface area contributed by atoms with Crippen molar-refractivity contribution in [3.63, 3.8) is 0 Å². The maximum Gasteiger partial charge on any atom is 0.341 e. The summed E-state index contributed by atoms with van der Waals surface area (Å²) in [4.78, 5) is 27.0. The number of carboxylic acids is 1. The number of carboxylic acid groups (broad SMARTS) is 1. The smallest absolute Gasteiger partial charge is 0.341 e. The van der Waals surface area contributed by atoms with Crippen LogP contribution in [0, 0.1) is 0 Å². The van der Waals surface area contributed by atoms with Crippen LogP contribution >= 0.6 is 23.7 Å². The van der Waals surface area contributed by atoms with Gasteiger partial charge in [0.15, 0.2) is 5.75 Å². The quantitative estimate of drug-likeness (QED) is 0.572. The molecule has 2 aliphatic carbocycles. The number of hydrogen-bond donors (Lipinski definition) is 2. The Hall–Kier alpha value is -2.35. The minimum absolute atomic E-state index is 0. The number of benzene rings is 1. The predicted molar refractivity (Wildman–Crippen MR) is 125 cm³/mol. The van der Waals surface area contributed by atoms with Gasteiger partial charge in [-0.2, -0.15) is 0 Å². The summed E-state index contributed by atoms with van der Waals surface area (Å²) in [7, 11) is 3.62. The van der Waals surface area contributed by atoms with Crippen LogP contribution in [-0.2, 0) is 6.42 Å². The fourth-order valence-corrected chi connectivity index (χ4v) is 5.89. The van der Waals surface area contributed by atoms with E-state index < -0.39 is 11.4 Å². The topological polar surface area (TPSA) is 80.6 Å². The molecule has 1 atom stereocenters. The van der Waals surface area contributed by atoms with Gasteiger partial charge in [0.05, 0.1) is 18.0 Å². The summed E-state index contributed by atoms with van der Waals surface area (Å²) < 4.78 is 7.79. The Morgan fingerprint density at radius 1 is 1.29 bits per heavy atom. The molecule has 0 amide bonds. The minimum Gasteiger partial charge on any atom is -0.494 e. The Balaban J connectivity index is 0.00000231. The normalized spacial score (nSPS) is 17.8. The van der Waals surface area contributed by atoms with Crippen LogP contribution in [-0.4, -0.2) is 29.8 Å². The van der Waals surface area contributed by atoms with Crippen molar-refractivity contribution in [2.24, 2.45) is 0 Å². The molecule has 6 nitrogen and oxygen atoms in total. The molecular weight excluding hydrogens is 436 g/mol. The van der Waals surface area contributed by atoms with Gasteiger partial charge < -0.3 is 19.7 Å². The number of hydrogen-bond acceptors (Lipinski definition) is 5. The molecule has 2 N–H and O–H groups in total. The summed E-state index contributed by atoms with van der Waals surface area (Å²) in [5.41, 5.74) is 2.36. The Bertz CT molecular complexity index is 1230. The highest BCUT2D eigenvalue weighted by Gasteiger charge is 2.30. The van der Waals surface area contributed by atoms with Crippen LogP contribution in [0.5, 0.6) is 5.75 Å². The molecular formula is C23H25ClN2O4S. The molecule has 0 spiro atoms. The molecule has 8 heteroatoms. The van der Waals surface area contributed by atoms with Gasteiger partial charge in [-0.15, -0.1) is 23.7 Å². The van der Waals surface area contributed by atoms with Crippen LogP contribution in [0.2, 0.25) is 0 Å². The molecule has 2 heterocycles. The molecule has 0 aliphatic heterocycles. The lowest BCUT2D eigenvalue weighted by Gasteiger charge is -2.21. The fraction of sp³-hybridized carbons (Fsp3) is 0.391. The number of halogens is 1. The van der Waals surface area contributed by atoms with Gasteiger partial charge in [0.25, 0.3) is 0 Å². The third-order valence-electron chi connectivity index (χ3n) is 6.25. The third-order valence-corrected chi connectivity index (χ3v) is 7.49. The van der Waals surface area contributed by atoms with Gasteiger partial charge in [-0.3, -0.25) is 4.79 Å². The number of pyridine rings is 1. The maximum absolute atomic E-state index is 12.9. The molecule has 3 aromatic rings. The number of nitrogens with zero attached hydrogens (tertiary/aromatic N) is 1. The Morgan fingerprint density at radius 2 is 2.06 bits per heavy atom. The number of fused-ring (bicyclic) bond motifs is 2. The number of methoxy groups -OCH3 is 1. The van der Waals surface area contributed by atoms with Gasteiger partial charge in [0.2, 0.25) is 5.43 Å². The minimum atomic E-state index is -1.19. The summed E-state index contributed by atoms with van der Waals surface area (Å²) in [6.45, 7) is 0. The molecule has 5 rings (SSSR count). The molecule has 2 aromatic heterocycles. The molecule has 0 bridgehead atoms. The van der Waals surface area contributed by atoms with Crippen LogP contribution in [0.3, 0.4) is 0 Å². The van der Waals surface area contributed by atoms with Crippen LogP contribution < -0.4 is 15.5 Å². The Labute approximate surface area is 190 Å². The monoisotopic (exact) mass is 460 g/mol. The zero-order valence-corrected chi connectivity index (χ0v) is 19.1. The van der Waals surface area contributed by atoms with Gasteiger partial charge in [0, 0.05) is 33.6 Å². The standard InChI is InChI=1S/C23H24N2O4S.ClH/c1-24-17-4-3-5-18-15(17)10-19(30-18)13-8-9-14-20(22(13)29-2)25(12-6-7-12)11-16(21(14)26)23(27)28;/h8-12,17,24H,3-7H2,1-2H3,(H,27,28);1H. The van der Waals surface area contributed by atoms with E-state index in [0.29, 0.717) is 22.7 Å². The molecule has 1 fully saturated rings. The van der Waals surface area contributed by atoms with E-state index in [0.717, 1.165) is 36.1 Å². The number of ether oxygens (including phenoxy) is 1. The van der Waals surface area contributed by atoms with Crippen LogP contribution in [0.15, 0.2) is 29.2 Å². The van der Waals surface area contributed by atoms with Crippen molar-refractivity contribution < 1.29 is 14.6 Å². The van der Waals surface area contributed by atoms with E-state index in [9.17, 15) is 14.7 Å². The molecule has 0 saturated heterocycles. The van der Waals surface area contributed by atoms with Gasteiger partial charge in [-0.1, -0.05) is 0 Å². The van der Waals surface area contributed by atoms with Gasteiger partial charge >= 0.3 is 5.97 Å². The van der Waals surface area contributed by atoms with E-state index in [4.69, 9.17) is 4.74 Å². The van der Waals surface area contributed by atoms with Gasteiger partial charge in [0.1, 0.15) is 5.56 Å². The van der Waals surface area contributed by atoms with E-state index in [1.54, 1.807) is 24.5 Å². The van der Waals surface area contributed by atoms with E-state index in [2.05, 4.69) is 11.4 Å². The number of aryl methyl sites for hydroxylation is 1. The number of carbonyl (C=O) groups is 1. The highest BCUT2D eigenvalue weighted by molar-refractivity contribution is 7.15. The summed E-state index contributed by atoms with van der Waals surface area (Å²) in [6, 6.07) is 6.48. The fourth-order valence-electron chi connectivity index (χ4n) is 4.60. The molecule has 0 radical (unpaired) electrons. The van der Waals surface area contributed by atoms with Crippen LogP contribution in [0.25, 0.3) is 21.3 Å². The van der Waals surface area contributed by atoms with Crippen molar-refractivity contribution in [3.8, 4) is 16.2 Å². The summed E-state index contributed by atoms with van der Waals surface area (Å²) in [5, 5.41) is 13.3. The lowest BCUT2D eigenvalue weighted by atomic mass is 9.93. The lowest BCUT2D eigenvalue weighted by Crippen LogP contribution is -2.19. The van der Waals surface area contributed by atoms with Crippen molar-refractivity contribution >= 4 is 40.6 Å². The highest BCUT2D eigenvalue weighted by atomic mass is 35.5. The number of aromatic nitrogens is 1. The first-order valence-electron chi connectivity index (χ1n) is 10.3. The largest absolute Gasteiger partial charge is 0.494 e. The number of rotatable bonds is 5. The van der Waals surface area contributed by atoms with Crippen molar-refractivity contribution in [1.29, 1.82) is 0 Å². The van der Waals surface area contributed by atoms with E-state index in [1.165, 1.54) is 23.1 Å². The zero-order valence-electron chi connectivity index (χ0n) is 17.4. The molecule has 1 unspecified atom stereocenters. The van der Waals surface area contributed by atoms with E-state index in [1.807, 2.05) is 17.7 Å². The average molecular weight is 461 g/mol. The SMILES string of the molecule is CNC1CCCc2sc(-c3ccc4c(=O)c(C(=O)O)cn(C5CC5)c4c3OC)cc21.Cl. The zero-order chi connectivity index (χ0) is 21.0. The van der Waals surface area contributed by atoms with E-state index in [-0.39, 0.29) is 24.0 Å². The first-order chi connectivity index (χ1) is 14.5. The third kappa shape index (κ3) is 3.54. The molecule has 1 aromatic carbocycles. The summed E-state index contributed by atoms with van der Waals surface area (Å²) in [5.74, 6) is -0.545. The summed E-state index contributed by atoms with van der Waals surface area (Å²) >= 11 is 1.79. The maximum atomic E-state index is 12.9. The molecule has 1 saturated carbocycles. The Morgan fingerprint density at radius 3 is 2.71 bits per heavy atom. The van der Waals surface area contributed by atoms with Crippen molar-refractivity contribution in [3.05, 3.63) is 50.6 Å². The van der Waals surface area contributed by atoms with Crippen molar-refractivity contribution in [2.45, 2.75) is 44.2 Å². The lowest BCUT2D eigenvalue weighted by molar-refractivity contribution is 0.0695. The Kier molecular flexibility index (Phi) is 5.85. The summed E-state index contributed by atoms with van der Waals surface area (Å²) in [6.07, 6.45) is 6.83. The second-order valence-electron chi connectivity index (χ2n) is 8.08. The number of aromatic carboxylic acids is 1. The highest BCUT2D eigenvalue weighted by Crippen LogP contribution is 2.46. The van der Waals surface area contributed by atoms with Gasteiger partial charge in [-0.05, 0) is 62.9 Å². The van der Waals surface area contributed by atoms with E-state index >= 15 is 0 Å². The number of thiophene rings is 1. The predicted octanol–water partition coefficient (Wildman–Crippen LogP) is 4.79. The average Bonchev–Trinajstić information content (AvgIpc) is 3.50. The first-order valence-corrected chi connectivity index (χ1v) is 11.1.